The molecule has 0 unspecified atom stereocenters. The zero-order valence-corrected chi connectivity index (χ0v) is 13.9. The van der Waals surface area contributed by atoms with Gasteiger partial charge in [0, 0.05) is 37.4 Å². The fourth-order valence-corrected chi connectivity index (χ4v) is 3.27. The molecule has 0 saturated carbocycles. The Labute approximate surface area is 131 Å². The molecule has 0 aromatic carbocycles. The van der Waals surface area contributed by atoms with E-state index in [2.05, 4.69) is 38.5 Å². The molecule has 2 aromatic rings. The second-order valence-corrected chi connectivity index (χ2v) is 6.68. The summed E-state index contributed by atoms with van der Waals surface area (Å²) in [6.07, 6.45) is 3.91. The topological polar surface area (TPSA) is 59.0 Å². The summed E-state index contributed by atoms with van der Waals surface area (Å²) in [6, 6.07) is 0. The molecule has 1 fully saturated rings. The van der Waals surface area contributed by atoms with Crippen LogP contribution in [0.2, 0.25) is 0 Å². The highest BCUT2D eigenvalue weighted by atomic mass is 16.5. The molecule has 22 heavy (non-hydrogen) atoms. The van der Waals surface area contributed by atoms with Crippen molar-refractivity contribution in [3.63, 3.8) is 0 Å². The number of ether oxygens (including phenoxy) is 1. The summed E-state index contributed by atoms with van der Waals surface area (Å²) in [5.41, 5.74) is 3.14. The summed E-state index contributed by atoms with van der Waals surface area (Å²) >= 11 is 0. The van der Waals surface area contributed by atoms with Gasteiger partial charge in [0.1, 0.15) is 5.82 Å². The average Bonchev–Trinajstić information content (AvgIpc) is 3.07. The zero-order chi connectivity index (χ0) is 15.7. The quantitative estimate of drug-likeness (QED) is 0.936. The molecule has 0 atom stereocenters. The molecule has 0 radical (unpaired) electrons. The number of hydrogen-bond acceptors (Lipinski definition) is 4. The van der Waals surface area contributed by atoms with Gasteiger partial charge in [-0.05, 0) is 13.8 Å². The Balaban J connectivity index is 1.90. The minimum atomic E-state index is -0.0447. The van der Waals surface area contributed by atoms with Crippen LogP contribution in [0.1, 0.15) is 31.1 Å². The van der Waals surface area contributed by atoms with Crippen LogP contribution in [0, 0.1) is 13.8 Å². The van der Waals surface area contributed by atoms with Crippen molar-refractivity contribution < 1.29 is 4.74 Å². The first-order valence-electron chi connectivity index (χ1n) is 7.85. The predicted molar refractivity (Wildman–Crippen MR) is 85.5 cm³/mol. The third-order valence-electron chi connectivity index (χ3n) is 4.30. The Kier molecular flexibility index (Phi) is 4.06. The van der Waals surface area contributed by atoms with Crippen LogP contribution < -0.4 is 0 Å². The van der Waals surface area contributed by atoms with Gasteiger partial charge in [0.25, 0.3) is 0 Å². The summed E-state index contributed by atoms with van der Waals surface area (Å²) in [5, 5.41) is 7.37. The molecule has 3 heterocycles. The van der Waals surface area contributed by atoms with Gasteiger partial charge in [-0.2, -0.15) is 5.10 Å². The molecule has 120 valence electrons. The fourth-order valence-electron chi connectivity index (χ4n) is 3.27. The smallest absolute Gasteiger partial charge is 0.120 e. The van der Waals surface area contributed by atoms with Crippen molar-refractivity contribution in [1.82, 2.24) is 24.6 Å². The van der Waals surface area contributed by atoms with Gasteiger partial charge in [-0.1, -0.05) is 13.8 Å². The van der Waals surface area contributed by atoms with E-state index >= 15 is 0 Å². The van der Waals surface area contributed by atoms with Gasteiger partial charge >= 0.3 is 0 Å². The average molecular weight is 303 g/mol. The molecule has 0 spiro atoms. The van der Waals surface area contributed by atoms with E-state index in [4.69, 9.17) is 4.74 Å². The Morgan fingerprint density at radius 3 is 2.64 bits per heavy atom. The molecule has 0 aliphatic carbocycles. The largest absolute Gasteiger partial charge is 0.379 e. The minimum absolute atomic E-state index is 0.0447. The maximum absolute atomic E-state index is 5.44. The molecular weight excluding hydrogens is 278 g/mol. The monoisotopic (exact) mass is 303 g/mol. The number of aromatic amines is 1. The van der Waals surface area contributed by atoms with E-state index in [0.29, 0.717) is 0 Å². The van der Waals surface area contributed by atoms with Crippen LogP contribution in [0.5, 0.6) is 0 Å². The van der Waals surface area contributed by atoms with Crippen LogP contribution in [-0.2, 0) is 10.2 Å². The first-order valence-corrected chi connectivity index (χ1v) is 7.85. The van der Waals surface area contributed by atoms with E-state index in [9.17, 15) is 0 Å². The van der Waals surface area contributed by atoms with Gasteiger partial charge in [0.15, 0.2) is 0 Å². The van der Waals surface area contributed by atoms with Crippen LogP contribution in [0.25, 0.3) is 5.69 Å². The summed E-state index contributed by atoms with van der Waals surface area (Å²) in [4.78, 5) is 7.11. The van der Waals surface area contributed by atoms with Crippen molar-refractivity contribution in [2.24, 2.45) is 0 Å². The minimum Gasteiger partial charge on any atom is -0.379 e. The second kappa shape index (κ2) is 5.85. The van der Waals surface area contributed by atoms with E-state index in [1.165, 1.54) is 0 Å². The molecule has 1 N–H and O–H groups in total. The Bertz CT molecular complexity index is 617. The molecule has 1 saturated heterocycles. The van der Waals surface area contributed by atoms with Crippen molar-refractivity contribution in [2.75, 3.05) is 32.8 Å². The number of aryl methyl sites for hydroxylation is 2. The lowest BCUT2D eigenvalue weighted by Crippen LogP contribution is -2.44. The highest BCUT2D eigenvalue weighted by Gasteiger charge is 2.30. The van der Waals surface area contributed by atoms with Crippen molar-refractivity contribution in [1.29, 1.82) is 0 Å². The van der Waals surface area contributed by atoms with Crippen LogP contribution >= 0.6 is 0 Å². The molecule has 0 bridgehead atoms. The van der Waals surface area contributed by atoms with Gasteiger partial charge in [-0.15, -0.1) is 0 Å². The summed E-state index contributed by atoms with van der Waals surface area (Å²) < 4.78 is 7.62. The summed E-state index contributed by atoms with van der Waals surface area (Å²) in [6.45, 7) is 13.2. The first-order chi connectivity index (χ1) is 10.5. The lowest BCUT2D eigenvalue weighted by atomic mass is 9.91. The van der Waals surface area contributed by atoms with Crippen molar-refractivity contribution in [3.05, 3.63) is 29.6 Å². The summed E-state index contributed by atoms with van der Waals surface area (Å²) in [7, 11) is 0. The molecule has 1 aliphatic rings. The number of rotatable bonds is 4. The zero-order valence-electron chi connectivity index (χ0n) is 13.9. The molecule has 0 amide bonds. The van der Waals surface area contributed by atoms with Crippen molar-refractivity contribution >= 4 is 0 Å². The SMILES string of the molecule is Cc1n[nH]c(C)c1-n1ccnc1C(C)(C)CN1CCOCC1. The van der Waals surface area contributed by atoms with Crippen LogP contribution in [-0.4, -0.2) is 57.5 Å². The van der Waals surface area contributed by atoms with Gasteiger partial charge < -0.3 is 4.74 Å². The number of nitrogens with one attached hydrogen (secondary N) is 1. The third kappa shape index (κ3) is 2.80. The van der Waals surface area contributed by atoms with Crippen LogP contribution in [0.3, 0.4) is 0 Å². The molecular formula is C16H25N5O. The molecule has 3 rings (SSSR count). The molecule has 6 nitrogen and oxygen atoms in total. The van der Waals surface area contributed by atoms with Gasteiger partial charge in [0.2, 0.25) is 0 Å². The predicted octanol–water partition coefficient (Wildman–Crippen LogP) is 1.82. The van der Waals surface area contributed by atoms with Gasteiger partial charge in [0.05, 0.1) is 30.3 Å². The maximum atomic E-state index is 5.44. The Morgan fingerprint density at radius 2 is 2.00 bits per heavy atom. The number of imidazole rings is 1. The Morgan fingerprint density at radius 1 is 1.27 bits per heavy atom. The Hall–Kier alpha value is -1.66. The van der Waals surface area contributed by atoms with Crippen molar-refractivity contribution in [2.45, 2.75) is 33.1 Å². The lowest BCUT2D eigenvalue weighted by Gasteiger charge is -2.34. The van der Waals surface area contributed by atoms with Crippen molar-refractivity contribution in [3.8, 4) is 5.69 Å². The number of morpholine rings is 1. The van der Waals surface area contributed by atoms with E-state index in [0.717, 1.165) is 55.7 Å². The van der Waals surface area contributed by atoms with E-state index in [-0.39, 0.29) is 5.41 Å². The summed E-state index contributed by atoms with van der Waals surface area (Å²) in [5.74, 6) is 1.08. The van der Waals surface area contributed by atoms with E-state index in [1.807, 2.05) is 26.2 Å². The fraction of sp³-hybridized carbons (Fsp3) is 0.625. The normalized spacial score (nSPS) is 17.1. The van der Waals surface area contributed by atoms with Gasteiger partial charge in [-0.25, -0.2) is 4.98 Å². The van der Waals surface area contributed by atoms with Crippen LogP contribution in [0.4, 0.5) is 0 Å². The van der Waals surface area contributed by atoms with Gasteiger partial charge in [-0.3, -0.25) is 14.6 Å². The standard InChI is InChI=1S/C16H25N5O/c1-12-14(13(2)19-18-12)21-6-5-17-15(21)16(3,4)11-20-7-9-22-10-8-20/h5-6H,7-11H2,1-4H3,(H,18,19). The number of H-pyrrole nitrogens is 1. The van der Waals surface area contributed by atoms with E-state index in [1.54, 1.807) is 0 Å². The molecule has 1 aliphatic heterocycles. The third-order valence-corrected chi connectivity index (χ3v) is 4.30. The van der Waals surface area contributed by atoms with E-state index < -0.39 is 0 Å². The first kappa shape index (κ1) is 15.2. The second-order valence-electron chi connectivity index (χ2n) is 6.68. The number of aromatic nitrogens is 4. The van der Waals surface area contributed by atoms with Crippen LogP contribution in [0.15, 0.2) is 12.4 Å². The maximum Gasteiger partial charge on any atom is 0.120 e. The lowest BCUT2D eigenvalue weighted by molar-refractivity contribution is 0.0288. The number of hydrogen-bond donors (Lipinski definition) is 1. The molecule has 2 aromatic heterocycles. The number of nitrogens with zero attached hydrogens (tertiary/aromatic N) is 4. The highest BCUT2D eigenvalue weighted by molar-refractivity contribution is 5.42. The molecule has 6 heteroatoms. The highest BCUT2D eigenvalue weighted by Crippen LogP contribution is 2.27.